The van der Waals surface area contributed by atoms with Gasteiger partial charge in [-0.2, -0.15) is 0 Å². The molecule has 0 radical (unpaired) electrons. The summed E-state index contributed by atoms with van der Waals surface area (Å²) in [5, 5.41) is 7.29. The van der Waals surface area contributed by atoms with E-state index < -0.39 is 0 Å². The Labute approximate surface area is 287 Å². The molecule has 0 unspecified atom stereocenters. The monoisotopic (exact) mass is 643 g/mol. The van der Waals surface area contributed by atoms with E-state index in [1.807, 2.05) is 17.4 Å². The predicted molar refractivity (Wildman–Crippen MR) is 210 cm³/mol. The summed E-state index contributed by atoms with van der Waals surface area (Å²) >= 11 is 1.85. The van der Waals surface area contributed by atoms with E-state index in [2.05, 4.69) is 175 Å². The molecule has 0 saturated carbocycles. The maximum atomic E-state index is 6.61. The lowest BCUT2D eigenvalue weighted by Crippen LogP contribution is -2.10. The number of thiophene rings is 1. The number of fused-ring (bicyclic) bond motifs is 7. The number of anilines is 3. The van der Waals surface area contributed by atoms with Crippen molar-refractivity contribution in [3.05, 3.63) is 176 Å². The lowest BCUT2D eigenvalue weighted by Gasteiger charge is -2.27. The second-order valence-electron chi connectivity index (χ2n) is 12.5. The van der Waals surface area contributed by atoms with Gasteiger partial charge in [0.1, 0.15) is 11.2 Å². The van der Waals surface area contributed by atoms with Crippen LogP contribution in [0.1, 0.15) is 0 Å². The van der Waals surface area contributed by atoms with Gasteiger partial charge in [-0.05, 0) is 76.0 Å². The van der Waals surface area contributed by atoms with Gasteiger partial charge in [-0.25, -0.2) is 0 Å². The molecule has 0 fully saturated rings. The normalized spacial score (nSPS) is 11.7. The van der Waals surface area contributed by atoms with Gasteiger partial charge in [0.25, 0.3) is 0 Å². The van der Waals surface area contributed by atoms with E-state index in [0.29, 0.717) is 0 Å². The highest BCUT2D eigenvalue weighted by Gasteiger charge is 2.20. The molecule has 230 valence electrons. The molecule has 0 bridgehead atoms. The maximum Gasteiger partial charge on any atom is 0.143 e. The molecule has 10 rings (SSSR count). The summed E-state index contributed by atoms with van der Waals surface area (Å²) in [5.41, 5.74) is 9.65. The van der Waals surface area contributed by atoms with Crippen molar-refractivity contribution in [1.29, 1.82) is 0 Å². The van der Waals surface area contributed by atoms with Gasteiger partial charge in [-0.3, -0.25) is 0 Å². The van der Waals surface area contributed by atoms with Crippen LogP contribution >= 0.6 is 11.3 Å². The molecule has 2 heterocycles. The third-order valence-electron chi connectivity index (χ3n) is 9.65. The van der Waals surface area contributed by atoms with Gasteiger partial charge in [0.15, 0.2) is 0 Å². The van der Waals surface area contributed by atoms with Crippen LogP contribution in [0.3, 0.4) is 0 Å². The zero-order valence-electron chi connectivity index (χ0n) is 26.5. The van der Waals surface area contributed by atoms with Crippen molar-refractivity contribution in [3.63, 3.8) is 0 Å². The topological polar surface area (TPSA) is 16.4 Å². The minimum Gasteiger partial charge on any atom is -0.455 e. The first-order chi connectivity index (χ1) is 24.3. The SMILES string of the molecule is c1ccc(-c2ccc(N(c3ccc4ccccc4c3)c3ccc4c(c3)sc3ccccc34)cc2-c2cccc3c2oc2ccccc23)cc1. The zero-order chi connectivity index (χ0) is 32.3. The summed E-state index contributed by atoms with van der Waals surface area (Å²) < 4.78 is 9.19. The number of hydrogen-bond acceptors (Lipinski definition) is 3. The lowest BCUT2D eigenvalue weighted by molar-refractivity contribution is 0.670. The number of para-hydroxylation sites is 2. The van der Waals surface area contributed by atoms with E-state index >= 15 is 0 Å². The molecule has 0 aliphatic carbocycles. The molecule has 0 aliphatic rings. The molecule has 3 heteroatoms. The quantitative estimate of drug-likeness (QED) is 0.186. The van der Waals surface area contributed by atoms with Gasteiger partial charge in [0.2, 0.25) is 0 Å². The largest absolute Gasteiger partial charge is 0.455 e. The number of nitrogens with zero attached hydrogens (tertiary/aromatic N) is 1. The number of rotatable bonds is 5. The highest BCUT2D eigenvalue weighted by Crippen LogP contribution is 2.45. The van der Waals surface area contributed by atoms with Crippen molar-refractivity contribution in [2.45, 2.75) is 0 Å². The average molecular weight is 644 g/mol. The Morgan fingerprint density at radius 1 is 0.388 bits per heavy atom. The minimum absolute atomic E-state index is 0.900. The van der Waals surface area contributed by atoms with Crippen molar-refractivity contribution in [1.82, 2.24) is 0 Å². The molecule has 10 aromatic rings. The highest BCUT2D eigenvalue weighted by molar-refractivity contribution is 7.25. The van der Waals surface area contributed by atoms with Crippen LogP contribution in [-0.2, 0) is 0 Å². The predicted octanol–water partition coefficient (Wildman–Crippen LogP) is 13.9. The van der Waals surface area contributed by atoms with E-state index in [9.17, 15) is 0 Å². The molecular formula is C46H29NOS. The molecule has 0 N–H and O–H groups in total. The van der Waals surface area contributed by atoms with E-state index in [1.54, 1.807) is 0 Å². The first-order valence-electron chi connectivity index (χ1n) is 16.6. The third kappa shape index (κ3) is 4.62. The van der Waals surface area contributed by atoms with Crippen LogP contribution in [0.15, 0.2) is 180 Å². The summed E-state index contributed by atoms with van der Waals surface area (Å²) in [6.07, 6.45) is 0. The van der Waals surface area contributed by atoms with E-state index in [4.69, 9.17) is 4.42 Å². The smallest absolute Gasteiger partial charge is 0.143 e. The molecule has 2 aromatic heterocycles. The van der Waals surface area contributed by atoms with Crippen LogP contribution < -0.4 is 4.90 Å². The first-order valence-corrected chi connectivity index (χ1v) is 17.4. The Hall–Kier alpha value is -6.16. The third-order valence-corrected chi connectivity index (χ3v) is 10.8. The highest BCUT2D eigenvalue weighted by atomic mass is 32.1. The van der Waals surface area contributed by atoms with Crippen molar-refractivity contribution < 1.29 is 4.42 Å². The second kappa shape index (κ2) is 11.2. The molecular weight excluding hydrogens is 615 g/mol. The number of benzene rings is 8. The molecule has 0 amide bonds. The zero-order valence-corrected chi connectivity index (χ0v) is 27.3. The summed E-state index contributed by atoms with van der Waals surface area (Å²) in [4.78, 5) is 2.40. The van der Waals surface area contributed by atoms with Crippen LogP contribution in [0.5, 0.6) is 0 Å². The fraction of sp³-hybridized carbons (Fsp3) is 0. The van der Waals surface area contributed by atoms with Gasteiger partial charge >= 0.3 is 0 Å². The minimum atomic E-state index is 0.900. The second-order valence-corrected chi connectivity index (χ2v) is 13.6. The van der Waals surface area contributed by atoms with Gasteiger partial charge in [0.05, 0.1) is 0 Å². The van der Waals surface area contributed by atoms with Crippen molar-refractivity contribution in [3.8, 4) is 22.3 Å². The van der Waals surface area contributed by atoms with Gasteiger partial charge in [-0.15, -0.1) is 11.3 Å². The molecule has 8 aromatic carbocycles. The van der Waals surface area contributed by atoms with Crippen molar-refractivity contribution in [2.24, 2.45) is 0 Å². The Morgan fingerprint density at radius 3 is 1.98 bits per heavy atom. The van der Waals surface area contributed by atoms with Crippen LogP contribution in [0.4, 0.5) is 17.1 Å². The van der Waals surface area contributed by atoms with Crippen molar-refractivity contribution in [2.75, 3.05) is 4.90 Å². The Balaban J connectivity index is 1.24. The molecule has 0 saturated heterocycles. The molecule has 2 nitrogen and oxygen atoms in total. The van der Waals surface area contributed by atoms with Crippen LogP contribution in [0.2, 0.25) is 0 Å². The van der Waals surface area contributed by atoms with E-state index in [-0.39, 0.29) is 0 Å². The average Bonchev–Trinajstić information content (AvgIpc) is 3.73. The lowest BCUT2D eigenvalue weighted by atomic mass is 9.92. The Bertz CT molecular complexity index is 2840. The Kier molecular flexibility index (Phi) is 6.39. The number of hydrogen-bond donors (Lipinski definition) is 0. The van der Waals surface area contributed by atoms with Gasteiger partial charge in [-0.1, -0.05) is 127 Å². The van der Waals surface area contributed by atoms with E-state index in [0.717, 1.165) is 55.7 Å². The van der Waals surface area contributed by atoms with Crippen molar-refractivity contribution >= 4 is 81.3 Å². The standard InChI is InChI=1S/C46H29NOS/c1-2-12-31(13-3-1)36-25-23-34(28-42(36)41-18-10-17-40-37-15-6-8-19-43(37)48-46(40)41)47(33-22-21-30-11-4-5-14-32(30)27-33)35-24-26-39-38-16-7-9-20-44(38)49-45(39)29-35/h1-29H. The fourth-order valence-corrected chi connectivity index (χ4v) is 8.48. The summed E-state index contributed by atoms with van der Waals surface area (Å²) in [6.45, 7) is 0. The van der Waals surface area contributed by atoms with Crippen LogP contribution in [0.25, 0.3) is 75.1 Å². The van der Waals surface area contributed by atoms with E-state index in [1.165, 1.54) is 36.5 Å². The van der Waals surface area contributed by atoms with Gasteiger partial charge in [0, 0.05) is 53.6 Å². The molecule has 0 spiro atoms. The fourth-order valence-electron chi connectivity index (χ4n) is 7.34. The summed E-state index contributed by atoms with van der Waals surface area (Å²) in [7, 11) is 0. The summed E-state index contributed by atoms with van der Waals surface area (Å²) in [6, 6.07) is 63.3. The molecule has 0 atom stereocenters. The van der Waals surface area contributed by atoms with Crippen LogP contribution in [0, 0.1) is 0 Å². The number of furan rings is 1. The maximum absolute atomic E-state index is 6.61. The van der Waals surface area contributed by atoms with Gasteiger partial charge < -0.3 is 9.32 Å². The molecule has 0 aliphatic heterocycles. The first kappa shape index (κ1) is 27.9. The Morgan fingerprint density at radius 2 is 1.06 bits per heavy atom. The van der Waals surface area contributed by atoms with Crippen LogP contribution in [-0.4, -0.2) is 0 Å². The molecule has 49 heavy (non-hydrogen) atoms. The summed E-state index contributed by atoms with van der Waals surface area (Å²) in [5.74, 6) is 0.